The van der Waals surface area contributed by atoms with Gasteiger partial charge in [0.05, 0.1) is 0 Å². The largest absolute Gasteiger partial charge is 0.317 e. The number of anilines is 1. The summed E-state index contributed by atoms with van der Waals surface area (Å²) in [5.41, 5.74) is 8.15. The van der Waals surface area contributed by atoms with Crippen LogP contribution in [0.1, 0.15) is 50.0 Å². The van der Waals surface area contributed by atoms with E-state index in [-0.39, 0.29) is 17.5 Å². The molecule has 1 heterocycles. The van der Waals surface area contributed by atoms with Crippen LogP contribution >= 0.6 is 15.9 Å². The number of hydrogen-bond donors (Lipinski definition) is 0. The van der Waals surface area contributed by atoms with Crippen LogP contribution in [0.4, 0.5) is 5.69 Å². The Hall–Kier alpha value is -3.24. The monoisotopic (exact) mass is 523 g/mol. The van der Waals surface area contributed by atoms with Gasteiger partial charge in [0, 0.05) is 51.5 Å². The quantitative estimate of drug-likeness (QED) is 0.352. The van der Waals surface area contributed by atoms with Gasteiger partial charge in [0.25, 0.3) is 0 Å². The molecule has 0 saturated carbocycles. The normalized spacial score (nSPS) is 18.6. The molecule has 174 valence electrons. The first kappa shape index (κ1) is 22.2. The van der Waals surface area contributed by atoms with Crippen LogP contribution in [-0.4, -0.2) is 11.6 Å². The van der Waals surface area contributed by atoms with Gasteiger partial charge in [-0.1, -0.05) is 70.5 Å². The van der Waals surface area contributed by atoms with Crippen LogP contribution in [0, 0.1) is 0 Å². The molecule has 3 nitrogen and oxygen atoms in total. The Balaban J connectivity index is 1.53. The fourth-order valence-corrected chi connectivity index (χ4v) is 6.12. The zero-order valence-electron chi connectivity index (χ0n) is 19.5. The SMILES string of the molecule is O=C1CCCC2=C1C(c1ccc(-c3ccccc3)cc1)C1=C(CCCC1=O)N2c1ccc(Br)cc1. The van der Waals surface area contributed by atoms with Gasteiger partial charge in [0.15, 0.2) is 11.6 Å². The minimum atomic E-state index is -0.280. The van der Waals surface area contributed by atoms with Crippen molar-refractivity contribution in [2.75, 3.05) is 4.90 Å². The summed E-state index contributed by atoms with van der Waals surface area (Å²) in [6.07, 6.45) is 4.48. The zero-order valence-corrected chi connectivity index (χ0v) is 21.1. The second kappa shape index (κ2) is 9.09. The number of hydrogen-bond acceptors (Lipinski definition) is 3. The van der Waals surface area contributed by atoms with E-state index in [9.17, 15) is 9.59 Å². The van der Waals surface area contributed by atoms with Crippen LogP contribution in [-0.2, 0) is 9.59 Å². The molecule has 6 rings (SSSR count). The van der Waals surface area contributed by atoms with Crippen molar-refractivity contribution in [1.29, 1.82) is 0 Å². The summed E-state index contributed by atoms with van der Waals surface area (Å²) < 4.78 is 1.01. The van der Waals surface area contributed by atoms with Gasteiger partial charge in [-0.15, -0.1) is 0 Å². The van der Waals surface area contributed by atoms with Gasteiger partial charge < -0.3 is 4.90 Å². The summed E-state index contributed by atoms with van der Waals surface area (Å²) in [6, 6.07) is 27.0. The minimum absolute atomic E-state index is 0.176. The molecule has 4 heteroatoms. The predicted octanol–water partition coefficient (Wildman–Crippen LogP) is 7.73. The molecular weight excluding hydrogens is 498 g/mol. The number of benzene rings is 3. The van der Waals surface area contributed by atoms with E-state index < -0.39 is 0 Å². The fraction of sp³-hybridized carbons (Fsp3) is 0.226. The van der Waals surface area contributed by atoms with Crippen molar-refractivity contribution in [2.45, 2.75) is 44.4 Å². The average Bonchev–Trinajstić information content (AvgIpc) is 2.89. The lowest BCUT2D eigenvalue weighted by atomic mass is 9.70. The number of carbonyl (C=O) groups excluding carboxylic acids is 2. The lowest BCUT2D eigenvalue weighted by Crippen LogP contribution is -2.39. The van der Waals surface area contributed by atoms with Crippen LogP contribution in [0.5, 0.6) is 0 Å². The van der Waals surface area contributed by atoms with Crippen LogP contribution in [0.2, 0.25) is 0 Å². The summed E-state index contributed by atoms with van der Waals surface area (Å²) in [4.78, 5) is 29.2. The summed E-state index contributed by atoms with van der Waals surface area (Å²) in [7, 11) is 0. The maximum atomic E-state index is 13.5. The maximum absolute atomic E-state index is 13.5. The molecule has 0 saturated heterocycles. The highest BCUT2D eigenvalue weighted by Crippen LogP contribution is 2.50. The van der Waals surface area contributed by atoms with Crippen molar-refractivity contribution in [3.8, 4) is 11.1 Å². The molecule has 0 aromatic heterocycles. The molecular formula is C31H26BrNO2. The van der Waals surface area contributed by atoms with Crippen molar-refractivity contribution >= 4 is 33.2 Å². The van der Waals surface area contributed by atoms with Gasteiger partial charge in [-0.05, 0) is 66.6 Å². The van der Waals surface area contributed by atoms with Gasteiger partial charge in [-0.3, -0.25) is 9.59 Å². The predicted molar refractivity (Wildman–Crippen MR) is 143 cm³/mol. The fourth-order valence-electron chi connectivity index (χ4n) is 5.85. The van der Waals surface area contributed by atoms with E-state index in [1.54, 1.807) is 0 Å². The second-order valence-corrected chi connectivity index (χ2v) is 10.4. The second-order valence-electron chi connectivity index (χ2n) is 9.51. The number of carbonyl (C=O) groups is 2. The van der Waals surface area contributed by atoms with Crippen molar-refractivity contribution in [3.63, 3.8) is 0 Å². The smallest absolute Gasteiger partial charge is 0.161 e. The summed E-state index contributed by atoms with van der Waals surface area (Å²) in [6.45, 7) is 0. The molecule has 0 unspecified atom stereocenters. The summed E-state index contributed by atoms with van der Waals surface area (Å²) in [5, 5.41) is 0. The molecule has 3 aliphatic rings. The van der Waals surface area contributed by atoms with E-state index in [1.807, 2.05) is 30.3 Å². The highest BCUT2D eigenvalue weighted by molar-refractivity contribution is 9.10. The van der Waals surface area contributed by atoms with Gasteiger partial charge in [0.2, 0.25) is 0 Å². The molecule has 0 spiro atoms. The molecule has 0 fully saturated rings. The van der Waals surface area contributed by atoms with Gasteiger partial charge in [0.1, 0.15) is 0 Å². The first-order valence-electron chi connectivity index (χ1n) is 12.4. The highest BCUT2D eigenvalue weighted by atomic mass is 79.9. The third-order valence-electron chi connectivity index (χ3n) is 7.41. The molecule has 3 aromatic rings. The standard InChI is InChI=1S/C31H26BrNO2/c32-23-16-18-24(19-17-23)33-25-8-4-10-27(34)30(25)29(31-26(33)9-5-11-28(31)35)22-14-12-21(13-15-22)20-6-2-1-3-7-20/h1-3,6-7,12-19,29H,4-5,8-11H2. The number of halogens is 1. The number of Topliss-reactive ketones (excluding diaryl/α,β-unsaturated/α-hetero) is 2. The van der Waals surface area contributed by atoms with Gasteiger partial charge >= 0.3 is 0 Å². The van der Waals surface area contributed by atoms with Gasteiger partial charge in [-0.25, -0.2) is 0 Å². The van der Waals surface area contributed by atoms with Crippen LogP contribution in [0.25, 0.3) is 11.1 Å². The van der Waals surface area contributed by atoms with Crippen molar-refractivity contribution < 1.29 is 9.59 Å². The van der Waals surface area contributed by atoms with Gasteiger partial charge in [-0.2, -0.15) is 0 Å². The molecule has 0 amide bonds. The van der Waals surface area contributed by atoms with Crippen LogP contribution in [0.15, 0.2) is 106 Å². The number of ketones is 2. The molecule has 35 heavy (non-hydrogen) atoms. The van der Waals surface area contributed by atoms with E-state index in [0.717, 1.165) is 75.1 Å². The Morgan fingerprint density at radius 1 is 0.629 bits per heavy atom. The average molecular weight is 524 g/mol. The molecule has 2 aliphatic carbocycles. The van der Waals surface area contributed by atoms with E-state index in [4.69, 9.17) is 0 Å². The third-order valence-corrected chi connectivity index (χ3v) is 7.94. The summed E-state index contributed by atoms with van der Waals surface area (Å²) >= 11 is 3.54. The maximum Gasteiger partial charge on any atom is 0.161 e. The zero-order chi connectivity index (χ0) is 23.9. The molecule has 0 radical (unpaired) electrons. The molecule has 0 atom stereocenters. The Morgan fingerprint density at radius 2 is 1.17 bits per heavy atom. The number of rotatable bonds is 3. The Labute approximate surface area is 214 Å². The minimum Gasteiger partial charge on any atom is -0.317 e. The third kappa shape index (κ3) is 3.90. The molecule has 3 aromatic carbocycles. The van der Waals surface area contributed by atoms with E-state index in [2.05, 4.69) is 69.4 Å². The van der Waals surface area contributed by atoms with Crippen molar-refractivity contribution in [1.82, 2.24) is 0 Å². The number of allylic oxidation sites excluding steroid dienone is 4. The van der Waals surface area contributed by atoms with Crippen LogP contribution < -0.4 is 4.90 Å². The lowest BCUT2D eigenvalue weighted by Gasteiger charge is -2.44. The van der Waals surface area contributed by atoms with Crippen LogP contribution in [0.3, 0.4) is 0 Å². The summed E-state index contributed by atoms with van der Waals surface area (Å²) in [5.74, 6) is 0.0722. The molecule has 0 bridgehead atoms. The Morgan fingerprint density at radius 3 is 1.74 bits per heavy atom. The topological polar surface area (TPSA) is 37.4 Å². The van der Waals surface area contributed by atoms with E-state index in [1.165, 1.54) is 0 Å². The van der Waals surface area contributed by atoms with Crippen molar-refractivity contribution in [2.24, 2.45) is 0 Å². The molecule has 0 N–H and O–H groups in total. The number of nitrogens with zero attached hydrogens (tertiary/aromatic N) is 1. The first-order chi connectivity index (χ1) is 17.1. The molecule has 1 aliphatic heterocycles. The Bertz CT molecular complexity index is 1320. The van der Waals surface area contributed by atoms with E-state index >= 15 is 0 Å². The van der Waals surface area contributed by atoms with Crippen molar-refractivity contribution in [3.05, 3.63) is 111 Å². The Kier molecular flexibility index (Phi) is 5.77. The van der Waals surface area contributed by atoms with E-state index in [0.29, 0.717) is 12.8 Å². The first-order valence-corrected chi connectivity index (χ1v) is 13.1. The lowest BCUT2D eigenvalue weighted by molar-refractivity contribution is -0.116. The highest BCUT2D eigenvalue weighted by Gasteiger charge is 2.43.